The van der Waals surface area contributed by atoms with Gasteiger partial charge in [0.25, 0.3) is 0 Å². The standard InChI is InChI=1S/C14H19N5O2/c1-9(14(20)21)10(2)19-13(15-16-17-19)11-5-7-12(8-6-11)18(3)4/h5-10H,1-4H3,(H,20,21). The third-order valence-corrected chi connectivity index (χ3v) is 3.63. The van der Waals surface area contributed by atoms with Gasteiger partial charge in [0.1, 0.15) is 0 Å². The molecule has 112 valence electrons. The molecule has 0 aliphatic rings. The fourth-order valence-electron chi connectivity index (χ4n) is 1.98. The van der Waals surface area contributed by atoms with E-state index in [9.17, 15) is 4.79 Å². The van der Waals surface area contributed by atoms with Gasteiger partial charge in [0.2, 0.25) is 0 Å². The van der Waals surface area contributed by atoms with E-state index in [-0.39, 0.29) is 6.04 Å². The molecule has 2 rings (SSSR count). The van der Waals surface area contributed by atoms with Crippen LogP contribution in [0, 0.1) is 5.92 Å². The minimum Gasteiger partial charge on any atom is -0.481 e. The van der Waals surface area contributed by atoms with Crippen molar-refractivity contribution in [1.82, 2.24) is 20.2 Å². The molecule has 7 nitrogen and oxygen atoms in total. The van der Waals surface area contributed by atoms with Crippen molar-refractivity contribution in [2.45, 2.75) is 19.9 Å². The Balaban J connectivity index is 2.34. The van der Waals surface area contributed by atoms with E-state index < -0.39 is 11.9 Å². The molecular formula is C14H19N5O2. The van der Waals surface area contributed by atoms with Crippen molar-refractivity contribution >= 4 is 11.7 Å². The molecule has 1 aromatic heterocycles. The third-order valence-electron chi connectivity index (χ3n) is 3.63. The Kier molecular flexibility index (Phi) is 4.21. The largest absolute Gasteiger partial charge is 0.481 e. The molecule has 0 radical (unpaired) electrons. The van der Waals surface area contributed by atoms with Crippen molar-refractivity contribution in [2.75, 3.05) is 19.0 Å². The summed E-state index contributed by atoms with van der Waals surface area (Å²) in [6, 6.07) is 7.46. The van der Waals surface area contributed by atoms with E-state index in [1.165, 1.54) is 0 Å². The molecule has 2 atom stereocenters. The van der Waals surface area contributed by atoms with Crippen molar-refractivity contribution in [1.29, 1.82) is 0 Å². The van der Waals surface area contributed by atoms with E-state index in [1.807, 2.05) is 43.3 Å². The first kappa shape index (κ1) is 15.0. The summed E-state index contributed by atoms with van der Waals surface area (Å²) in [5.74, 6) is -0.874. The molecule has 0 saturated carbocycles. The van der Waals surface area contributed by atoms with Crippen LogP contribution < -0.4 is 4.90 Å². The highest BCUT2D eigenvalue weighted by molar-refractivity contribution is 5.70. The van der Waals surface area contributed by atoms with Crippen molar-refractivity contribution in [3.63, 3.8) is 0 Å². The molecule has 1 N–H and O–H groups in total. The van der Waals surface area contributed by atoms with Gasteiger partial charge < -0.3 is 10.0 Å². The Bertz CT molecular complexity index is 621. The molecule has 0 aliphatic carbocycles. The lowest BCUT2D eigenvalue weighted by molar-refractivity contribution is -0.142. The van der Waals surface area contributed by atoms with Crippen molar-refractivity contribution in [3.8, 4) is 11.4 Å². The highest BCUT2D eigenvalue weighted by Crippen LogP contribution is 2.25. The Labute approximate surface area is 123 Å². The highest BCUT2D eigenvalue weighted by atomic mass is 16.4. The Morgan fingerprint density at radius 3 is 2.38 bits per heavy atom. The summed E-state index contributed by atoms with van der Waals surface area (Å²) in [6.07, 6.45) is 0. The lowest BCUT2D eigenvalue weighted by Gasteiger charge is -2.17. The maximum atomic E-state index is 11.1. The van der Waals surface area contributed by atoms with Crippen LogP contribution in [0.2, 0.25) is 0 Å². The van der Waals surface area contributed by atoms with Crippen LogP contribution in [0.25, 0.3) is 11.4 Å². The average Bonchev–Trinajstić information content (AvgIpc) is 2.95. The molecule has 0 spiro atoms. The zero-order valence-corrected chi connectivity index (χ0v) is 12.6. The Hall–Kier alpha value is -2.44. The first-order chi connectivity index (χ1) is 9.91. The SMILES string of the molecule is CC(C(=O)O)C(C)n1nnnc1-c1ccc(N(C)C)cc1. The molecule has 7 heteroatoms. The lowest BCUT2D eigenvalue weighted by atomic mass is 10.0. The summed E-state index contributed by atoms with van der Waals surface area (Å²) >= 11 is 0. The van der Waals surface area contributed by atoms with Gasteiger partial charge in [-0.1, -0.05) is 0 Å². The predicted octanol–water partition coefficient (Wildman–Crippen LogP) is 1.69. The van der Waals surface area contributed by atoms with E-state index in [0.717, 1.165) is 11.3 Å². The number of nitrogens with zero attached hydrogens (tertiary/aromatic N) is 5. The molecule has 2 aromatic rings. The molecular weight excluding hydrogens is 270 g/mol. The van der Waals surface area contributed by atoms with Crippen molar-refractivity contribution in [3.05, 3.63) is 24.3 Å². The second kappa shape index (κ2) is 5.90. The number of hydrogen-bond acceptors (Lipinski definition) is 5. The second-order valence-corrected chi connectivity index (χ2v) is 5.26. The third kappa shape index (κ3) is 3.01. The van der Waals surface area contributed by atoms with Gasteiger partial charge in [-0.25, -0.2) is 4.68 Å². The quantitative estimate of drug-likeness (QED) is 0.901. The fourth-order valence-corrected chi connectivity index (χ4v) is 1.98. The fraction of sp³-hybridized carbons (Fsp3) is 0.429. The van der Waals surface area contributed by atoms with Crippen LogP contribution in [-0.4, -0.2) is 45.4 Å². The maximum absolute atomic E-state index is 11.1. The zero-order valence-electron chi connectivity index (χ0n) is 12.6. The van der Waals surface area contributed by atoms with Gasteiger partial charge in [-0.15, -0.1) is 5.10 Å². The number of tetrazole rings is 1. The van der Waals surface area contributed by atoms with Gasteiger partial charge in [0, 0.05) is 25.3 Å². The first-order valence-corrected chi connectivity index (χ1v) is 6.70. The summed E-state index contributed by atoms with van der Waals surface area (Å²) in [5.41, 5.74) is 1.93. The molecule has 0 saturated heterocycles. The number of aliphatic carboxylic acids is 1. The summed E-state index contributed by atoms with van der Waals surface area (Å²) in [5, 5.41) is 20.8. The normalized spacial score (nSPS) is 13.7. The Morgan fingerprint density at radius 2 is 1.86 bits per heavy atom. The van der Waals surface area contributed by atoms with Gasteiger partial charge in [0.05, 0.1) is 12.0 Å². The molecule has 0 amide bonds. The molecule has 21 heavy (non-hydrogen) atoms. The highest BCUT2D eigenvalue weighted by Gasteiger charge is 2.24. The predicted molar refractivity (Wildman–Crippen MR) is 79.1 cm³/mol. The number of carboxylic acid groups (broad SMARTS) is 1. The summed E-state index contributed by atoms with van der Waals surface area (Å²) in [6.45, 7) is 3.44. The monoisotopic (exact) mass is 289 g/mol. The van der Waals surface area contributed by atoms with Crippen LogP contribution in [0.3, 0.4) is 0 Å². The van der Waals surface area contributed by atoms with Crippen LogP contribution in [0.1, 0.15) is 19.9 Å². The van der Waals surface area contributed by atoms with Crippen molar-refractivity contribution < 1.29 is 9.90 Å². The average molecular weight is 289 g/mol. The van der Waals surface area contributed by atoms with Crippen LogP contribution in [0.5, 0.6) is 0 Å². The van der Waals surface area contributed by atoms with Crippen molar-refractivity contribution in [2.24, 2.45) is 5.92 Å². The topological polar surface area (TPSA) is 84.1 Å². The van der Waals surface area contributed by atoms with Crippen LogP contribution >= 0.6 is 0 Å². The van der Waals surface area contributed by atoms with Gasteiger partial charge in [-0.2, -0.15) is 0 Å². The number of hydrogen-bond donors (Lipinski definition) is 1. The molecule has 0 aliphatic heterocycles. The van der Waals surface area contributed by atoms with E-state index in [1.54, 1.807) is 18.5 Å². The van der Waals surface area contributed by atoms with Gasteiger partial charge >= 0.3 is 5.97 Å². The number of carboxylic acids is 1. The molecule has 1 heterocycles. The summed E-state index contributed by atoms with van der Waals surface area (Å²) < 4.78 is 1.56. The maximum Gasteiger partial charge on any atom is 0.308 e. The van der Waals surface area contributed by atoms with E-state index >= 15 is 0 Å². The Morgan fingerprint density at radius 1 is 1.24 bits per heavy atom. The van der Waals surface area contributed by atoms with Gasteiger partial charge in [0.15, 0.2) is 5.82 Å². The smallest absolute Gasteiger partial charge is 0.308 e. The minimum absolute atomic E-state index is 0.332. The summed E-state index contributed by atoms with van der Waals surface area (Å²) in [7, 11) is 3.94. The summed E-state index contributed by atoms with van der Waals surface area (Å²) in [4.78, 5) is 13.1. The number of benzene rings is 1. The van der Waals surface area contributed by atoms with Gasteiger partial charge in [-0.05, 0) is 48.5 Å². The molecule has 2 unspecified atom stereocenters. The van der Waals surface area contributed by atoms with Crippen LogP contribution in [0.15, 0.2) is 24.3 Å². The number of carbonyl (C=O) groups is 1. The van der Waals surface area contributed by atoms with Gasteiger partial charge in [-0.3, -0.25) is 4.79 Å². The van der Waals surface area contributed by atoms with E-state index in [0.29, 0.717) is 5.82 Å². The van der Waals surface area contributed by atoms with Crippen LogP contribution in [0.4, 0.5) is 5.69 Å². The van der Waals surface area contributed by atoms with E-state index in [2.05, 4.69) is 15.5 Å². The zero-order chi connectivity index (χ0) is 15.6. The molecule has 0 bridgehead atoms. The van der Waals surface area contributed by atoms with Crippen LogP contribution in [-0.2, 0) is 4.79 Å². The molecule has 0 fully saturated rings. The second-order valence-electron chi connectivity index (χ2n) is 5.26. The minimum atomic E-state index is -0.869. The first-order valence-electron chi connectivity index (χ1n) is 6.70. The number of anilines is 1. The number of aromatic nitrogens is 4. The lowest BCUT2D eigenvalue weighted by Crippen LogP contribution is -2.23. The van der Waals surface area contributed by atoms with E-state index in [4.69, 9.17) is 5.11 Å². The molecule has 1 aromatic carbocycles. The number of rotatable bonds is 5.